The van der Waals surface area contributed by atoms with E-state index in [-0.39, 0.29) is 23.3 Å². The minimum Gasteiger partial charge on any atom is -0.466 e. The molecule has 0 aromatic heterocycles. The molecular weight excluding hydrogens is 380 g/mol. The first kappa shape index (κ1) is 22.4. The van der Waals surface area contributed by atoms with E-state index in [1.165, 1.54) is 10.4 Å². The van der Waals surface area contributed by atoms with Gasteiger partial charge in [0, 0.05) is 31.7 Å². The maximum Gasteiger partial charge on any atom is 0.313 e. The average Bonchev–Trinajstić information content (AvgIpc) is 3.06. The molecule has 2 rings (SSSR count). The lowest BCUT2D eigenvalue weighted by molar-refractivity contribution is -0.153. The number of nitrogens with zero attached hydrogens (tertiary/aromatic N) is 2. The van der Waals surface area contributed by atoms with Gasteiger partial charge in [0.25, 0.3) is 5.91 Å². The zero-order chi connectivity index (χ0) is 21.1. The molecule has 1 aliphatic heterocycles. The van der Waals surface area contributed by atoms with Crippen LogP contribution >= 0.6 is 0 Å². The minimum absolute atomic E-state index is 0.148. The summed E-state index contributed by atoms with van der Waals surface area (Å²) in [7, 11) is -3.67. The zero-order valence-electron chi connectivity index (χ0n) is 17.3. The fourth-order valence-corrected chi connectivity index (χ4v) is 5.21. The molecule has 156 valence electrons. The summed E-state index contributed by atoms with van der Waals surface area (Å²) in [6, 6.07) is 4.74. The van der Waals surface area contributed by atoms with Crippen LogP contribution < -0.4 is 0 Å². The summed E-state index contributed by atoms with van der Waals surface area (Å²) in [5, 5.41) is 0. The summed E-state index contributed by atoms with van der Waals surface area (Å²) >= 11 is 0. The molecule has 1 aromatic rings. The molecule has 8 heteroatoms. The highest BCUT2D eigenvalue weighted by Crippen LogP contribution is 2.32. The third-order valence-corrected chi connectivity index (χ3v) is 7.48. The van der Waals surface area contributed by atoms with E-state index in [1.54, 1.807) is 51.7 Å². The lowest BCUT2D eigenvalue weighted by Gasteiger charge is -2.23. The Bertz CT molecular complexity index is 848. The summed E-state index contributed by atoms with van der Waals surface area (Å²) in [5.41, 5.74) is 0.178. The fourth-order valence-electron chi connectivity index (χ4n) is 3.50. The first-order chi connectivity index (χ1) is 13.1. The van der Waals surface area contributed by atoms with Crippen molar-refractivity contribution >= 4 is 21.9 Å². The van der Waals surface area contributed by atoms with E-state index < -0.39 is 15.4 Å². The number of sulfonamides is 1. The highest BCUT2D eigenvalue weighted by Gasteiger charge is 2.43. The fraction of sp³-hybridized carbons (Fsp3) is 0.600. The molecule has 0 radical (unpaired) electrons. The van der Waals surface area contributed by atoms with Crippen LogP contribution in [0.3, 0.4) is 0 Å². The lowest BCUT2D eigenvalue weighted by atomic mass is 9.90. The number of hydrogen-bond acceptors (Lipinski definition) is 5. The van der Waals surface area contributed by atoms with Crippen LogP contribution in [0.1, 0.15) is 50.0 Å². The van der Waals surface area contributed by atoms with Crippen molar-refractivity contribution in [2.45, 2.75) is 45.9 Å². The van der Waals surface area contributed by atoms with Gasteiger partial charge in [-0.2, -0.15) is 4.31 Å². The zero-order valence-corrected chi connectivity index (χ0v) is 18.1. The van der Waals surface area contributed by atoms with Crippen LogP contribution in [0, 0.1) is 12.3 Å². The SMILES string of the molecule is CCOC(=O)C1(C)CCN(C(=O)c2ccc(C)c(S(=O)(=O)N(CC)CC)c2)C1. The molecule has 1 fully saturated rings. The molecule has 1 aromatic carbocycles. The number of carbonyl (C=O) groups is 2. The van der Waals surface area contributed by atoms with Crippen molar-refractivity contribution in [1.29, 1.82) is 0 Å². The summed E-state index contributed by atoms with van der Waals surface area (Å²) < 4.78 is 32.3. The van der Waals surface area contributed by atoms with Crippen molar-refractivity contribution in [3.8, 4) is 0 Å². The van der Waals surface area contributed by atoms with Gasteiger partial charge < -0.3 is 9.64 Å². The molecule has 28 heavy (non-hydrogen) atoms. The van der Waals surface area contributed by atoms with Gasteiger partial charge in [0.05, 0.1) is 16.9 Å². The second-order valence-corrected chi connectivity index (χ2v) is 9.23. The molecule has 0 saturated carbocycles. The number of carbonyl (C=O) groups excluding carboxylic acids is 2. The number of likely N-dealkylation sites (tertiary alicyclic amines) is 1. The molecule has 1 amide bonds. The summed E-state index contributed by atoms with van der Waals surface area (Å²) in [5.74, 6) is -0.581. The number of amides is 1. The molecule has 1 atom stereocenters. The van der Waals surface area contributed by atoms with Crippen LogP contribution in [0.5, 0.6) is 0 Å². The van der Waals surface area contributed by atoms with Crippen LogP contribution in [0.15, 0.2) is 23.1 Å². The van der Waals surface area contributed by atoms with Crippen molar-refractivity contribution in [2.75, 3.05) is 32.8 Å². The van der Waals surface area contributed by atoms with E-state index in [9.17, 15) is 18.0 Å². The van der Waals surface area contributed by atoms with Gasteiger partial charge in [-0.3, -0.25) is 9.59 Å². The Kier molecular flexibility index (Phi) is 6.88. The molecule has 1 saturated heterocycles. The van der Waals surface area contributed by atoms with Crippen LogP contribution in [0.25, 0.3) is 0 Å². The normalized spacial score (nSPS) is 19.9. The number of aryl methyl sites for hydroxylation is 1. The van der Waals surface area contributed by atoms with E-state index in [2.05, 4.69) is 0 Å². The van der Waals surface area contributed by atoms with Gasteiger partial charge in [0.1, 0.15) is 0 Å². The van der Waals surface area contributed by atoms with E-state index in [0.717, 1.165) is 0 Å². The van der Waals surface area contributed by atoms with Crippen molar-refractivity contribution in [3.63, 3.8) is 0 Å². The van der Waals surface area contributed by atoms with Gasteiger partial charge >= 0.3 is 5.97 Å². The van der Waals surface area contributed by atoms with Crippen LogP contribution in [0.2, 0.25) is 0 Å². The standard InChI is InChI=1S/C20H30N2O5S/c1-6-22(7-2)28(25,26)17-13-16(10-9-15(17)4)18(23)21-12-11-20(5,14-21)19(24)27-8-3/h9-10,13H,6-8,11-12,14H2,1-5H3. The van der Waals surface area contributed by atoms with Gasteiger partial charge in [0.15, 0.2) is 0 Å². The maximum absolute atomic E-state index is 13.0. The maximum atomic E-state index is 13.0. The first-order valence-electron chi connectivity index (χ1n) is 9.68. The predicted molar refractivity (Wildman–Crippen MR) is 107 cm³/mol. The van der Waals surface area contributed by atoms with Gasteiger partial charge in [-0.15, -0.1) is 0 Å². The molecule has 0 N–H and O–H groups in total. The van der Waals surface area contributed by atoms with E-state index in [4.69, 9.17) is 4.74 Å². The molecule has 1 aliphatic rings. The number of benzene rings is 1. The minimum atomic E-state index is -3.67. The van der Waals surface area contributed by atoms with Crippen molar-refractivity contribution in [2.24, 2.45) is 5.41 Å². The topological polar surface area (TPSA) is 84.0 Å². The van der Waals surface area contributed by atoms with Gasteiger partial charge in [-0.25, -0.2) is 8.42 Å². The summed E-state index contributed by atoms with van der Waals surface area (Å²) in [6.07, 6.45) is 0.522. The molecule has 7 nitrogen and oxygen atoms in total. The Morgan fingerprint density at radius 3 is 2.43 bits per heavy atom. The Morgan fingerprint density at radius 1 is 1.21 bits per heavy atom. The number of hydrogen-bond donors (Lipinski definition) is 0. The van der Waals surface area contributed by atoms with Crippen LogP contribution in [-0.4, -0.2) is 62.3 Å². The number of ether oxygens (including phenoxy) is 1. The monoisotopic (exact) mass is 410 g/mol. The lowest BCUT2D eigenvalue weighted by Crippen LogP contribution is -2.36. The molecule has 0 aliphatic carbocycles. The second kappa shape index (κ2) is 8.61. The van der Waals surface area contributed by atoms with Crippen LogP contribution in [-0.2, 0) is 19.6 Å². The molecule has 1 heterocycles. The Labute approximate surface area is 167 Å². The third-order valence-electron chi connectivity index (χ3n) is 5.29. The second-order valence-electron chi connectivity index (χ2n) is 7.33. The number of esters is 1. The number of rotatable bonds is 7. The Morgan fingerprint density at radius 2 is 1.86 bits per heavy atom. The largest absolute Gasteiger partial charge is 0.466 e. The van der Waals surface area contributed by atoms with Crippen molar-refractivity contribution in [3.05, 3.63) is 29.3 Å². The predicted octanol–water partition coefficient (Wildman–Crippen LogP) is 2.44. The van der Waals surface area contributed by atoms with Gasteiger partial charge in [-0.1, -0.05) is 19.9 Å². The van der Waals surface area contributed by atoms with Crippen molar-refractivity contribution in [1.82, 2.24) is 9.21 Å². The van der Waals surface area contributed by atoms with E-state index >= 15 is 0 Å². The van der Waals surface area contributed by atoms with E-state index in [1.807, 2.05) is 0 Å². The summed E-state index contributed by atoms with van der Waals surface area (Å²) in [4.78, 5) is 26.9. The van der Waals surface area contributed by atoms with Gasteiger partial charge in [-0.05, 0) is 44.9 Å². The smallest absolute Gasteiger partial charge is 0.313 e. The molecule has 1 unspecified atom stereocenters. The molecular formula is C20H30N2O5S. The van der Waals surface area contributed by atoms with Crippen LogP contribution in [0.4, 0.5) is 0 Å². The van der Waals surface area contributed by atoms with E-state index in [0.29, 0.717) is 43.8 Å². The molecule has 0 spiro atoms. The first-order valence-corrected chi connectivity index (χ1v) is 11.1. The van der Waals surface area contributed by atoms with Crippen molar-refractivity contribution < 1.29 is 22.7 Å². The Balaban J connectivity index is 2.30. The quantitative estimate of drug-likeness (QED) is 0.645. The molecule has 0 bridgehead atoms. The highest BCUT2D eigenvalue weighted by atomic mass is 32.2. The average molecular weight is 411 g/mol. The Hall–Kier alpha value is -1.93. The third kappa shape index (κ3) is 4.22. The van der Waals surface area contributed by atoms with Gasteiger partial charge in [0.2, 0.25) is 10.0 Å². The highest BCUT2D eigenvalue weighted by molar-refractivity contribution is 7.89. The summed E-state index contributed by atoms with van der Waals surface area (Å²) in [6.45, 7) is 10.5.